The van der Waals surface area contributed by atoms with Crippen LogP contribution in [0.15, 0.2) is 0 Å². The second-order valence-corrected chi connectivity index (χ2v) is 7.10. The average molecular weight is 344 g/mol. The van der Waals surface area contributed by atoms with E-state index < -0.39 is 34.7 Å². The van der Waals surface area contributed by atoms with Crippen molar-refractivity contribution in [1.29, 1.82) is 0 Å². The summed E-state index contributed by atoms with van der Waals surface area (Å²) in [6, 6.07) is 0. The van der Waals surface area contributed by atoms with E-state index in [1.807, 2.05) is 0 Å². The van der Waals surface area contributed by atoms with Crippen LogP contribution < -0.4 is 0 Å². The molecule has 0 spiro atoms. The van der Waals surface area contributed by atoms with Gasteiger partial charge in [-0.1, -0.05) is 25.7 Å². The van der Waals surface area contributed by atoms with E-state index in [9.17, 15) is 39.6 Å². The van der Waals surface area contributed by atoms with Gasteiger partial charge in [0.15, 0.2) is 10.8 Å². The second-order valence-electron chi connectivity index (χ2n) is 7.10. The molecule has 1 saturated carbocycles. The van der Waals surface area contributed by atoms with Crippen LogP contribution in [0.1, 0.15) is 52.4 Å². The highest BCUT2D eigenvalue weighted by Crippen LogP contribution is 2.44. The summed E-state index contributed by atoms with van der Waals surface area (Å²) in [5.41, 5.74) is -3.94. The lowest BCUT2D eigenvalue weighted by Gasteiger charge is -2.37. The van der Waals surface area contributed by atoms with Crippen molar-refractivity contribution in [1.82, 2.24) is 0 Å². The summed E-state index contributed by atoms with van der Waals surface area (Å²) >= 11 is 0. The topological polar surface area (TPSA) is 149 Å². The third-order valence-corrected chi connectivity index (χ3v) is 5.30. The van der Waals surface area contributed by atoms with Crippen molar-refractivity contribution in [3.63, 3.8) is 0 Å². The van der Waals surface area contributed by atoms with Crippen LogP contribution in [0, 0.1) is 22.7 Å². The Morgan fingerprint density at radius 1 is 0.708 bits per heavy atom. The molecule has 8 nitrogen and oxygen atoms in total. The molecule has 0 aromatic rings. The molecule has 1 aliphatic rings. The number of rotatable bonds is 8. The molecule has 8 heteroatoms. The van der Waals surface area contributed by atoms with Gasteiger partial charge in [0, 0.05) is 0 Å². The molecule has 0 heterocycles. The molecule has 0 aromatic carbocycles. The quantitative estimate of drug-likeness (QED) is 0.488. The maximum atomic E-state index is 11.4. The van der Waals surface area contributed by atoms with Crippen LogP contribution in [0.3, 0.4) is 0 Å². The third kappa shape index (κ3) is 3.85. The molecule has 0 aromatic heterocycles. The summed E-state index contributed by atoms with van der Waals surface area (Å²) in [5.74, 6) is -6.46. The maximum Gasteiger partial charge on any atom is 0.320 e. The molecule has 1 aliphatic carbocycles. The average Bonchev–Trinajstić information content (AvgIpc) is 2.48. The van der Waals surface area contributed by atoms with Crippen molar-refractivity contribution >= 4 is 23.9 Å². The Kier molecular flexibility index (Phi) is 5.97. The number of carbonyl (C=O) groups is 4. The molecule has 2 unspecified atom stereocenters. The summed E-state index contributed by atoms with van der Waals surface area (Å²) in [6.45, 7) is 2.27. The first-order chi connectivity index (χ1) is 10.9. The van der Waals surface area contributed by atoms with E-state index in [0.29, 0.717) is 12.8 Å². The lowest BCUT2D eigenvalue weighted by atomic mass is 9.65. The first-order valence-corrected chi connectivity index (χ1v) is 7.88. The highest BCUT2D eigenvalue weighted by Gasteiger charge is 2.49. The fourth-order valence-electron chi connectivity index (χ4n) is 3.40. The van der Waals surface area contributed by atoms with E-state index in [-0.39, 0.29) is 24.7 Å². The van der Waals surface area contributed by atoms with Crippen LogP contribution in [-0.4, -0.2) is 44.3 Å². The zero-order chi connectivity index (χ0) is 18.7. The summed E-state index contributed by atoms with van der Waals surface area (Å²) in [7, 11) is 0. The Hall–Kier alpha value is -2.12. The van der Waals surface area contributed by atoms with Crippen molar-refractivity contribution in [2.75, 3.05) is 0 Å². The summed E-state index contributed by atoms with van der Waals surface area (Å²) in [6.07, 6.45) is 2.42. The molecule has 2 atom stereocenters. The van der Waals surface area contributed by atoms with Gasteiger partial charge in [0.05, 0.1) is 0 Å². The molecule has 0 bridgehead atoms. The van der Waals surface area contributed by atoms with Crippen LogP contribution in [0.25, 0.3) is 0 Å². The van der Waals surface area contributed by atoms with Gasteiger partial charge in [-0.2, -0.15) is 0 Å². The van der Waals surface area contributed by atoms with Crippen LogP contribution >= 0.6 is 0 Å². The van der Waals surface area contributed by atoms with Crippen molar-refractivity contribution in [3.05, 3.63) is 0 Å². The van der Waals surface area contributed by atoms with Gasteiger partial charge < -0.3 is 20.4 Å². The molecular formula is C16H24O8. The van der Waals surface area contributed by atoms with Crippen LogP contribution in [-0.2, 0) is 19.2 Å². The van der Waals surface area contributed by atoms with Crippen molar-refractivity contribution in [3.8, 4) is 0 Å². The molecule has 0 radical (unpaired) electrons. The first kappa shape index (κ1) is 19.9. The van der Waals surface area contributed by atoms with Crippen molar-refractivity contribution in [2.45, 2.75) is 52.4 Å². The maximum absolute atomic E-state index is 11.4. The molecule has 24 heavy (non-hydrogen) atoms. The minimum absolute atomic E-state index is 0.141. The predicted molar refractivity (Wildman–Crippen MR) is 81.4 cm³/mol. The van der Waals surface area contributed by atoms with E-state index in [0.717, 1.165) is 26.7 Å². The summed E-state index contributed by atoms with van der Waals surface area (Å²) in [4.78, 5) is 45.5. The lowest BCUT2D eigenvalue weighted by Crippen LogP contribution is -2.43. The van der Waals surface area contributed by atoms with Gasteiger partial charge in [-0.15, -0.1) is 0 Å². The lowest BCUT2D eigenvalue weighted by molar-refractivity contribution is -0.169. The fourth-order valence-corrected chi connectivity index (χ4v) is 3.40. The SMILES string of the molecule is CC(CC1CCCCC1CC(C)(C(=O)O)C(=O)O)(C(=O)O)C(=O)O. The van der Waals surface area contributed by atoms with Gasteiger partial charge in [-0.25, -0.2) is 0 Å². The Labute approximate surface area is 139 Å². The van der Waals surface area contributed by atoms with Crippen LogP contribution in [0.5, 0.6) is 0 Å². The second kappa shape index (κ2) is 7.19. The van der Waals surface area contributed by atoms with E-state index in [1.165, 1.54) is 0 Å². The normalized spacial score (nSPS) is 21.9. The van der Waals surface area contributed by atoms with Gasteiger partial charge in [-0.3, -0.25) is 19.2 Å². The smallest absolute Gasteiger partial charge is 0.320 e. The van der Waals surface area contributed by atoms with Crippen LogP contribution in [0.4, 0.5) is 0 Å². The predicted octanol–water partition coefficient (Wildman–Crippen LogP) is 1.92. The highest BCUT2D eigenvalue weighted by molar-refractivity contribution is 5.98. The fraction of sp³-hybridized carbons (Fsp3) is 0.750. The Balaban J connectivity index is 3.05. The van der Waals surface area contributed by atoms with Gasteiger partial charge in [0.25, 0.3) is 0 Å². The first-order valence-electron chi connectivity index (χ1n) is 7.88. The van der Waals surface area contributed by atoms with E-state index >= 15 is 0 Å². The van der Waals surface area contributed by atoms with Gasteiger partial charge >= 0.3 is 23.9 Å². The highest BCUT2D eigenvalue weighted by atomic mass is 16.4. The van der Waals surface area contributed by atoms with E-state index in [2.05, 4.69) is 0 Å². The minimum atomic E-state index is -1.97. The number of aliphatic carboxylic acids is 4. The Morgan fingerprint density at radius 3 is 1.17 bits per heavy atom. The molecule has 0 saturated heterocycles. The molecule has 4 N–H and O–H groups in total. The number of carboxylic acid groups (broad SMARTS) is 4. The molecule has 136 valence electrons. The van der Waals surface area contributed by atoms with E-state index in [4.69, 9.17) is 0 Å². The number of hydrogen-bond acceptors (Lipinski definition) is 4. The largest absolute Gasteiger partial charge is 0.480 e. The Bertz CT molecular complexity index is 462. The van der Waals surface area contributed by atoms with E-state index in [1.54, 1.807) is 0 Å². The zero-order valence-electron chi connectivity index (χ0n) is 13.8. The summed E-state index contributed by atoms with van der Waals surface area (Å²) in [5, 5.41) is 37.0. The molecule has 1 fully saturated rings. The standard InChI is InChI=1S/C16H24O8/c1-15(11(17)18,12(19)20)7-9-5-3-4-6-10(9)8-16(2,13(21)22)14(23)24/h9-10H,3-8H2,1-2H3,(H,17,18)(H,19,20)(H,21,22)(H,23,24). The van der Waals surface area contributed by atoms with Crippen LogP contribution in [0.2, 0.25) is 0 Å². The number of hydrogen-bond donors (Lipinski definition) is 4. The Morgan fingerprint density at radius 2 is 0.958 bits per heavy atom. The molecular weight excluding hydrogens is 320 g/mol. The monoisotopic (exact) mass is 344 g/mol. The van der Waals surface area contributed by atoms with Crippen molar-refractivity contribution in [2.24, 2.45) is 22.7 Å². The molecule has 1 rings (SSSR count). The van der Waals surface area contributed by atoms with Gasteiger partial charge in [0.2, 0.25) is 0 Å². The minimum Gasteiger partial charge on any atom is -0.480 e. The van der Waals surface area contributed by atoms with Crippen molar-refractivity contribution < 1.29 is 39.6 Å². The number of carboxylic acids is 4. The molecule has 0 amide bonds. The zero-order valence-corrected chi connectivity index (χ0v) is 13.8. The molecule has 0 aliphatic heterocycles. The van der Waals surface area contributed by atoms with Gasteiger partial charge in [-0.05, 0) is 38.5 Å². The summed E-state index contributed by atoms with van der Waals surface area (Å²) < 4.78 is 0. The van der Waals surface area contributed by atoms with Gasteiger partial charge in [0.1, 0.15) is 0 Å². The third-order valence-electron chi connectivity index (χ3n) is 5.30.